The van der Waals surface area contributed by atoms with Gasteiger partial charge in [-0.2, -0.15) is 0 Å². The zero-order valence-corrected chi connectivity index (χ0v) is 14.0. The van der Waals surface area contributed by atoms with Crippen molar-refractivity contribution >= 4 is 25.6 Å². The van der Waals surface area contributed by atoms with E-state index in [4.69, 9.17) is 10.7 Å². The van der Waals surface area contributed by atoms with Crippen molar-refractivity contribution < 1.29 is 13.2 Å². The molecule has 0 spiro atoms. The van der Waals surface area contributed by atoms with Gasteiger partial charge < -0.3 is 9.88 Å². The lowest BCUT2D eigenvalue weighted by Crippen LogP contribution is -2.34. The van der Waals surface area contributed by atoms with Crippen LogP contribution in [0.4, 0.5) is 0 Å². The van der Waals surface area contributed by atoms with Gasteiger partial charge in [0.25, 0.3) is 15.0 Å². The third kappa shape index (κ3) is 3.80. The molecule has 2 atom stereocenters. The van der Waals surface area contributed by atoms with Crippen molar-refractivity contribution in [3.63, 3.8) is 0 Å². The summed E-state index contributed by atoms with van der Waals surface area (Å²) in [7, 11) is 1.53. The number of aromatic nitrogens is 1. The minimum Gasteiger partial charge on any atom is -0.348 e. The molecule has 21 heavy (non-hydrogen) atoms. The zero-order valence-electron chi connectivity index (χ0n) is 12.5. The predicted octanol–water partition coefficient (Wildman–Crippen LogP) is 2.91. The smallest absolute Gasteiger partial charge is 0.268 e. The Hall–Kier alpha value is -1.01. The van der Waals surface area contributed by atoms with Gasteiger partial charge in [0, 0.05) is 29.0 Å². The van der Waals surface area contributed by atoms with Gasteiger partial charge in [0.2, 0.25) is 0 Å². The lowest BCUT2D eigenvalue weighted by Gasteiger charge is -2.16. The molecule has 1 aliphatic rings. The summed E-state index contributed by atoms with van der Waals surface area (Å²) in [5.74, 6) is 0.375. The van der Waals surface area contributed by atoms with Crippen LogP contribution in [0.25, 0.3) is 0 Å². The van der Waals surface area contributed by atoms with Crippen molar-refractivity contribution in [3.05, 3.63) is 18.0 Å². The molecule has 1 amide bonds. The number of nitrogens with zero attached hydrogens (tertiary/aromatic N) is 1. The molecule has 0 bridgehead atoms. The standard InChI is InChI=1S/C14H21ClN2O3S/c1-9(2)17-8-12(21(15,19)20)7-13(17)14(18)16-11-5-4-10(3)6-11/h7-11H,4-6H2,1-3H3,(H,16,18). The van der Waals surface area contributed by atoms with E-state index >= 15 is 0 Å². The van der Waals surface area contributed by atoms with E-state index in [1.807, 2.05) is 13.8 Å². The Morgan fingerprint density at radius 3 is 2.57 bits per heavy atom. The molecular weight excluding hydrogens is 312 g/mol. The maximum atomic E-state index is 12.4. The van der Waals surface area contributed by atoms with Gasteiger partial charge in [-0.25, -0.2) is 8.42 Å². The first kappa shape index (κ1) is 16.4. The van der Waals surface area contributed by atoms with Crippen LogP contribution in [0, 0.1) is 5.92 Å². The molecular formula is C14H21ClN2O3S. The molecule has 1 fully saturated rings. The average molecular weight is 333 g/mol. The second-order valence-corrected chi connectivity index (χ2v) is 8.65. The summed E-state index contributed by atoms with van der Waals surface area (Å²) in [6, 6.07) is 1.48. The summed E-state index contributed by atoms with van der Waals surface area (Å²) in [5.41, 5.74) is 0.337. The summed E-state index contributed by atoms with van der Waals surface area (Å²) in [4.78, 5) is 12.4. The molecule has 0 saturated heterocycles. The van der Waals surface area contributed by atoms with Crippen LogP contribution in [0.15, 0.2) is 17.2 Å². The zero-order chi connectivity index (χ0) is 15.8. The van der Waals surface area contributed by atoms with Crippen molar-refractivity contribution in [2.45, 2.75) is 57.0 Å². The fraction of sp³-hybridized carbons (Fsp3) is 0.643. The van der Waals surface area contributed by atoms with Gasteiger partial charge in [-0.15, -0.1) is 0 Å². The average Bonchev–Trinajstić information content (AvgIpc) is 2.94. The largest absolute Gasteiger partial charge is 0.348 e. The van der Waals surface area contributed by atoms with E-state index in [1.54, 1.807) is 4.57 Å². The monoisotopic (exact) mass is 332 g/mol. The summed E-state index contributed by atoms with van der Waals surface area (Å²) in [5, 5.41) is 2.99. The first-order valence-electron chi connectivity index (χ1n) is 7.16. The molecule has 1 N–H and O–H groups in total. The Morgan fingerprint density at radius 1 is 1.43 bits per heavy atom. The van der Waals surface area contributed by atoms with Gasteiger partial charge in [-0.1, -0.05) is 6.92 Å². The maximum absolute atomic E-state index is 12.4. The van der Waals surface area contributed by atoms with E-state index in [0.29, 0.717) is 11.6 Å². The van der Waals surface area contributed by atoms with Crippen LogP contribution in [0.3, 0.4) is 0 Å². The van der Waals surface area contributed by atoms with Gasteiger partial charge in [0.15, 0.2) is 0 Å². The molecule has 1 heterocycles. The van der Waals surface area contributed by atoms with Crippen LogP contribution >= 0.6 is 10.7 Å². The van der Waals surface area contributed by atoms with E-state index in [0.717, 1.165) is 19.3 Å². The Bertz CT molecular complexity index is 637. The Morgan fingerprint density at radius 2 is 2.10 bits per heavy atom. The van der Waals surface area contributed by atoms with Crippen molar-refractivity contribution in [3.8, 4) is 0 Å². The molecule has 0 aromatic carbocycles. The SMILES string of the molecule is CC1CCC(NC(=O)c2cc(S(=O)(=O)Cl)cn2C(C)C)C1. The Labute approximate surface area is 130 Å². The number of nitrogens with one attached hydrogen (secondary N) is 1. The molecule has 1 aromatic rings. The van der Waals surface area contributed by atoms with E-state index in [-0.39, 0.29) is 22.9 Å². The van der Waals surface area contributed by atoms with Crippen molar-refractivity contribution in [2.24, 2.45) is 5.92 Å². The second kappa shape index (κ2) is 6.01. The molecule has 5 nitrogen and oxygen atoms in total. The summed E-state index contributed by atoms with van der Waals surface area (Å²) in [6.07, 6.45) is 4.46. The van der Waals surface area contributed by atoms with Crippen LogP contribution in [-0.2, 0) is 9.05 Å². The van der Waals surface area contributed by atoms with Crippen LogP contribution < -0.4 is 5.32 Å². The summed E-state index contributed by atoms with van der Waals surface area (Å²) < 4.78 is 24.5. The molecule has 1 aliphatic carbocycles. The van der Waals surface area contributed by atoms with Crippen LogP contribution in [0.2, 0.25) is 0 Å². The van der Waals surface area contributed by atoms with Crippen LogP contribution in [0.5, 0.6) is 0 Å². The van der Waals surface area contributed by atoms with Crippen LogP contribution in [0.1, 0.15) is 56.6 Å². The van der Waals surface area contributed by atoms with E-state index in [1.165, 1.54) is 12.3 Å². The van der Waals surface area contributed by atoms with Gasteiger partial charge in [-0.3, -0.25) is 4.79 Å². The van der Waals surface area contributed by atoms with Gasteiger partial charge in [0.05, 0.1) is 0 Å². The van der Waals surface area contributed by atoms with Gasteiger partial charge in [0.1, 0.15) is 10.6 Å². The third-order valence-electron chi connectivity index (χ3n) is 3.92. The van der Waals surface area contributed by atoms with Crippen LogP contribution in [-0.4, -0.2) is 24.9 Å². The summed E-state index contributed by atoms with van der Waals surface area (Å²) in [6.45, 7) is 5.94. The third-order valence-corrected chi connectivity index (χ3v) is 5.24. The fourth-order valence-corrected chi connectivity index (χ4v) is 3.54. The first-order chi connectivity index (χ1) is 9.68. The lowest BCUT2D eigenvalue weighted by atomic mass is 10.1. The van der Waals surface area contributed by atoms with E-state index in [2.05, 4.69) is 12.2 Å². The molecule has 0 radical (unpaired) electrons. The Balaban J connectivity index is 2.25. The number of rotatable bonds is 4. The summed E-state index contributed by atoms with van der Waals surface area (Å²) >= 11 is 0. The number of carbonyl (C=O) groups is 1. The minimum absolute atomic E-state index is 0.0274. The predicted molar refractivity (Wildman–Crippen MR) is 82.1 cm³/mol. The van der Waals surface area contributed by atoms with Crippen molar-refractivity contribution in [2.75, 3.05) is 0 Å². The maximum Gasteiger partial charge on any atom is 0.268 e. The Kier molecular flexibility index (Phi) is 4.68. The first-order valence-corrected chi connectivity index (χ1v) is 9.46. The highest BCUT2D eigenvalue weighted by molar-refractivity contribution is 8.13. The normalized spacial score (nSPS) is 22.7. The number of amides is 1. The molecule has 1 aromatic heterocycles. The van der Waals surface area contributed by atoms with Crippen molar-refractivity contribution in [1.82, 2.24) is 9.88 Å². The van der Waals surface area contributed by atoms with E-state index in [9.17, 15) is 13.2 Å². The molecule has 2 unspecified atom stereocenters. The highest BCUT2D eigenvalue weighted by atomic mass is 35.7. The molecule has 118 valence electrons. The highest BCUT2D eigenvalue weighted by Gasteiger charge is 2.26. The minimum atomic E-state index is -3.84. The molecule has 0 aliphatic heterocycles. The quantitative estimate of drug-likeness (QED) is 0.862. The van der Waals surface area contributed by atoms with E-state index < -0.39 is 9.05 Å². The second-order valence-electron chi connectivity index (χ2n) is 6.09. The topological polar surface area (TPSA) is 68.2 Å². The van der Waals surface area contributed by atoms with Crippen molar-refractivity contribution in [1.29, 1.82) is 0 Å². The number of halogens is 1. The van der Waals surface area contributed by atoms with Gasteiger partial charge in [-0.05, 0) is 45.1 Å². The molecule has 7 heteroatoms. The highest BCUT2D eigenvalue weighted by Crippen LogP contribution is 2.26. The fourth-order valence-electron chi connectivity index (χ4n) is 2.79. The lowest BCUT2D eigenvalue weighted by molar-refractivity contribution is 0.0926. The number of carbonyl (C=O) groups excluding carboxylic acids is 1. The number of hydrogen-bond donors (Lipinski definition) is 1. The van der Waals surface area contributed by atoms with Gasteiger partial charge >= 0.3 is 0 Å². The number of hydrogen-bond acceptors (Lipinski definition) is 3. The molecule has 1 saturated carbocycles. The molecule has 2 rings (SSSR count).